The SMILES string of the molecule is CNC(C)c1cc(Cl)ccc1OC(C)C(=O)NC(C)C. The zero-order valence-corrected chi connectivity index (χ0v) is 13.4. The summed E-state index contributed by atoms with van der Waals surface area (Å²) in [7, 11) is 1.87. The molecule has 0 saturated carbocycles. The second-order valence-corrected chi connectivity index (χ2v) is 5.55. The molecule has 0 radical (unpaired) electrons. The van der Waals surface area contributed by atoms with Crippen LogP contribution in [0, 0.1) is 0 Å². The van der Waals surface area contributed by atoms with Crippen molar-refractivity contribution in [1.82, 2.24) is 10.6 Å². The van der Waals surface area contributed by atoms with E-state index in [9.17, 15) is 4.79 Å². The molecule has 112 valence electrons. The van der Waals surface area contributed by atoms with E-state index in [1.165, 1.54) is 0 Å². The van der Waals surface area contributed by atoms with Crippen LogP contribution in [0.3, 0.4) is 0 Å². The van der Waals surface area contributed by atoms with E-state index in [4.69, 9.17) is 16.3 Å². The monoisotopic (exact) mass is 298 g/mol. The van der Waals surface area contributed by atoms with Gasteiger partial charge in [-0.25, -0.2) is 0 Å². The molecule has 0 aliphatic carbocycles. The highest BCUT2D eigenvalue weighted by Gasteiger charge is 2.18. The van der Waals surface area contributed by atoms with Crippen molar-refractivity contribution in [3.05, 3.63) is 28.8 Å². The van der Waals surface area contributed by atoms with E-state index < -0.39 is 6.10 Å². The third-order valence-electron chi connectivity index (χ3n) is 2.98. The molecule has 1 aromatic carbocycles. The van der Waals surface area contributed by atoms with Gasteiger partial charge in [0.1, 0.15) is 5.75 Å². The number of ether oxygens (including phenoxy) is 1. The number of carbonyl (C=O) groups is 1. The fourth-order valence-electron chi connectivity index (χ4n) is 1.77. The molecule has 1 rings (SSSR count). The summed E-state index contributed by atoms with van der Waals surface area (Å²) >= 11 is 6.02. The standard InChI is InChI=1S/C15H23ClN2O2/c1-9(2)18-15(19)11(4)20-14-7-6-12(16)8-13(14)10(3)17-5/h6-11,17H,1-5H3,(H,18,19). The highest BCUT2D eigenvalue weighted by molar-refractivity contribution is 6.30. The van der Waals surface area contributed by atoms with Crippen LogP contribution in [-0.4, -0.2) is 25.1 Å². The van der Waals surface area contributed by atoms with Crippen LogP contribution in [0.5, 0.6) is 5.75 Å². The Balaban J connectivity index is 2.88. The number of nitrogens with one attached hydrogen (secondary N) is 2. The maximum atomic E-state index is 11.9. The van der Waals surface area contributed by atoms with E-state index in [2.05, 4.69) is 10.6 Å². The summed E-state index contributed by atoms with van der Waals surface area (Å²) in [4.78, 5) is 11.9. The summed E-state index contributed by atoms with van der Waals surface area (Å²) in [6.45, 7) is 7.58. The fraction of sp³-hybridized carbons (Fsp3) is 0.533. The van der Waals surface area contributed by atoms with Crippen LogP contribution in [0.15, 0.2) is 18.2 Å². The highest BCUT2D eigenvalue weighted by atomic mass is 35.5. The van der Waals surface area contributed by atoms with E-state index in [1.54, 1.807) is 19.1 Å². The summed E-state index contributed by atoms with van der Waals surface area (Å²) in [5, 5.41) is 6.62. The van der Waals surface area contributed by atoms with Crippen molar-refractivity contribution in [3.8, 4) is 5.75 Å². The van der Waals surface area contributed by atoms with Gasteiger partial charge in [-0.2, -0.15) is 0 Å². The molecule has 1 amide bonds. The Kier molecular flexibility index (Phi) is 6.30. The summed E-state index contributed by atoms with van der Waals surface area (Å²) in [5.41, 5.74) is 0.934. The number of hydrogen-bond donors (Lipinski definition) is 2. The fourth-order valence-corrected chi connectivity index (χ4v) is 1.95. The predicted molar refractivity (Wildman–Crippen MR) is 82.3 cm³/mol. The second-order valence-electron chi connectivity index (χ2n) is 5.12. The zero-order valence-electron chi connectivity index (χ0n) is 12.7. The Morgan fingerprint density at radius 1 is 1.25 bits per heavy atom. The Morgan fingerprint density at radius 2 is 1.90 bits per heavy atom. The average Bonchev–Trinajstić information content (AvgIpc) is 2.38. The van der Waals surface area contributed by atoms with Gasteiger partial charge in [0.25, 0.3) is 5.91 Å². The van der Waals surface area contributed by atoms with Gasteiger partial charge in [-0.3, -0.25) is 4.79 Å². The molecule has 20 heavy (non-hydrogen) atoms. The molecular formula is C15H23ClN2O2. The van der Waals surface area contributed by atoms with Gasteiger partial charge in [0.15, 0.2) is 6.10 Å². The lowest BCUT2D eigenvalue weighted by Gasteiger charge is -2.21. The average molecular weight is 299 g/mol. The van der Waals surface area contributed by atoms with E-state index in [-0.39, 0.29) is 18.0 Å². The molecule has 0 aliphatic heterocycles. The Bertz CT molecular complexity index is 463. The Hall–Kier alpha value is -1.26. The summed E-state index contributed by atoms with van der Waals surface area (Å²) in [5.74, 6) is 0.542. The van der Waals surface area contributed by atoms with Gasteiger partial charge in [-0.15, -0.1) is 0 Å². The maximum Gasteiger partial charge on any atom is 0.260 e. The molecule has 0 spiro atoms. The highest BCUT2D eigenvalue weighted by Crippen LogP contribution is 2.29. The minimum absolute atomic E-state index is 0.0871. The molecule has 4 nitrogen and oxygen atoms in total. The first-order valence-electron chi connectivity index (χ1n) is 6.79. The van der Waals surface area contributed by atoms with Gasteiger partial charge in [0, 0.05) is 22.7 Å². The molecule has 2 unspecified atom stereocenters. The molecule has 0 saturated heterocycles. The molecular weight excluding hydrogens is 276 g/mol. The molecule has 0 bridgehead atoms. The Labute approximate surface area is 125 Å². The van der Waals surface area contributed by atoms with E-state index >= 15 is 0 Å². The molecule has 2 N–H and O–H groups in total. The van der Waals surface area contributed by atoms with E-state index in [0.717, 1.165) is 5.56 Å². The van der Waals surface area contributed by atoms with E-state index in [1.807, 2.05) is 33.9 Å². The number of halogens is 1. The van der Waals surface area contributed by atoms with Crippen LogP contribution < -0.4 is 15.4 Å². The Morgan fingerprint density at radius 3 is 2.45 bits per heavy atom. The maximum absolute atomic E-state index is 11.9. The second kappa shape index (κ2) is 7.50. The lowest BCUT2D eigenvalue weighted by molar-refractivity contribution is -0.127. The number of benzene rings is 1. The minimum atomic E-state index is -0.554. The first-order valence-corrected chi connectivity index (χ1v) is 7.16. The molecule has 0 aliphatic rings. The van der Waals surface area contributed by atoms with E-state index in [0.29, 0.717) is 10.8 Å². The predicted octanol–water partition coefficient (Wildman–Crippen LogP) is 2.91. The van der Waals surface area contributed by atoms with Crippen molar-refractivity contribution in [2.75, 3.05) is 7.05 Å². The largest absolute Gasteiger partial charge is 0.481 e. The van der Waals surface area contributed by atoms with Gasteiger partial charge < -0.3 is 15.4 Å². The lowest BCUT2D eigenvalue weighted by atomic mass is 10.1. The number of amides is 1. The van der Waals surface area contributed by atoms with Gasteiger partial charge in [-0.1, -0.05) is 11.6 Å². The van der Waals surface area contributed by atoms with Gasteiger partial charge in [-0.05, 0) is 52.9 Å². The normalized spacial score (nSPS) is 13.9. The summed E-state index contributed by atoms with van der Waals surface area (Å²) in [6.07, 6.45) is -0.554. The van der Waals surface area contributed by atoms with Crippen LogP contribution in [-0.2, 0) is 4.79 Å². The van der Waals surface area contributed by atoms with Crippen LogP contribution in [0.25, 0.3) is 0 Å². The van der Waals surface area contributed by atoms with Crippen molar-refractivity contribution in [1.29, 1.82) is 0 Å². The first kappa shape index (κ1) is 16.8. The van der Waals surface area contributed by atoms with Crippen LogP contribution in [0.2, 0.25) is 5.02 Å². The van der Waals surface area contributed by atoms with Gasteiger partial charge in [0.2, 0.25) is 0 Å². The summed E-state index contributed by atoms with van der Waals surface area (Å²) < 4.78 is 5.78. The smallest absolute Gasteiger partial charge is 0.260 e. The quantitative estimate of drug-likeness (QED) is 0.849. The molecule has 0 fully saturated rings. The first-order chi connectivity index (χ1) is 9.35. The molecule has 2 atom stereocenters. The zero-order chi connectivity index (χ0) is 15.3. The molecule has 5 heteroatoms. The molecule has 1 aromatic rings. The molecule has 0 heterocycles. The van der Waals surface area contributed by atoms with Crippen molar-refractivity contribution in [3.63, 3.8) is 0 Å². The van der Waals surface area contributed by atoms with Gasteiger partial charge >= 0.3 is 0 Å². The molecule has 0 aromatic heterocycles. The lowest BCUT2D eigenvalue weighted by Crippen LogP contribution is -2.40. The van der Waals surface area contributed by atoms with Crippen molar-refractivity contribution in [2.24, 2.45) is 0 Å². The third-order valence-corrected chi connectivity index (χ3v) is 3.21. The third kappa shape index (κ3) is 4.69. The number of carbonyl (C=O) groups excluding carboxylic acids is 1. The van der Waals surface area contributed by atoms with Crippen LogP contribution in [0.4, 0.5) is 0 Å². The van der Waals surface area contributed by atoms with Gasteiger partial charge in [0.05, 0.1) is 0 Å². The van der Waals surface area contributed by atoms with Crippen molar-refractivity contribution >= 4 is 17.5 Å². The summed E-state index contributed by atoms with van der Waals surface area (Å²) in [6, 6.07) is 5.59. The van der Waals surface area contributed by atoms with Crippen molar-refractivity contribution < 1.29 is 9.53 Å². The number of hydrogen-bond acceptors (Lipinski definition) is 3. The number of rotatable bonds is 6. The van der Waals surface area contributed by atoms with Crippen LogP contribution in [0.1, 0.15) is 39.3 Å². The van der Waals surface area contributed by atoms with Crippen LogP contribution >= 0.6 is 11.6 Å². The van der Waals surface area contributed by atoms with Crippen molar-refractivity contribution in [2.45, 2.75) is 45.9 Å². The topological polar surface area (TPSA) is 50.4 Å². The minimum Gasteiger partial charge on any atom is -0.481 e.